The summed E-state index contributed by atoms with van der Waals surface area (Å²) in [6, 6.07) is 8.26. The van der Waals surface area contributed by atoms with E-state index in [9.17, 15) is 0 Å². The van der Waals surface area contributed by atoms with E-state index in [-0.39, 0.29) is 0 Å². The highest BCUT2D eigenvalue weighted by Gasteiger charge is 2.32. The van der Waals surface area contributed by atoms with Gasteiger partial charge in [-0.1, -0.05) is 28.1 Å². The van der Waals surface area contributed by atoms with Crippen LogP contribution in [0.3, 0.4) is 0 Å². The van der Waals surface area contributed by atoms with Crippen LogP contribution in [-0.2, 0) is 0 Å². The summed E-state index contributed by atoms with van der Waals surface area (Å²) in [4.78, 5) is 2.54. The summed E-state index contributed by atoms with van der Waals surface area (Å²) >= 11 is 3.69. The summed E-state index contributed by atoms with van der Waals surface area (Å²) in [5, 5.41) is 3.73. The van der Waals surface area contributed by atoms with E-state index in [0.717, 1.165) is 12.0 Å². The zero-order chi connectivity index (χ0) is 14.1. The maximum atomic E-state index is 3.73. The van der Waals surface area contributed by atoms with Crippen molar-refractivity contribution in [3.05, 3.63) is 33.8 Å². The minimum absolute atomic E-state index is 0.562. The minimum Gasteiger partial charge on any atom is -0.314 e. The van der Waals surface area contributed by atoms with Crippen LogP contribution in [0.1, 0.15) is 42.9 Å². The number of hydrogen-bond acceptors (Lipinski definition) is 2. The molecule has 3 rings (SSSR count). The first-order valence-electron chi connectivity index (χ1n) is 7.85. The Kier molecular flexibility index (Phi) is 4.49. The maximum absolute atomic E-state index is 3.73. The van der Waals surface area contributed by atoms with Crippen molar-refractivity contribution in [1.29, 1.82) is 0 Å². The van der Waals surface area contributed by atoms with Gasteiger partial charge in [0.25, 0.3) is 0 Å². The van der Waals surface area contributed by atoms with Crippen LogP contribution in [0.4, 0.5) is 0 Å². The van der Waals surface area contributed by atoms with Crippen LogP contribution in [0.15, 0.2) is 22.7 Å². The molecule has 2 nitrogen and oxygen atoms in total. The van der Waals surface area contributed by atoms with Crippen LogP contribution in [-0.4, -0.2) is 31.1 Å². The van der Waals surface area contributed by atoms with Crippen LogP contribution in [0.2, 0.25) is 0 Å². The van der Waals surface area contributed by atoms with Crippen LogP contribution < -0.4 is 5.32 Å². The van der Waals surface area contributed by atoms with Gasteiger partial charge in [-0.15, -0.1) is 0 Å². The molecule has 0 spiro atoms. The molecule has 0 radical (unpaired) electrons. The van der Waals surface area contributed by atoms with E-state index in [4.69, 9.17) is 0 Å². The van der Waals surface area contributed by atoms with Gasteiger partial charge in [-0.25, -0.2) is 0 Å². The maximum Gasteiger partial charge on any atom is 0.0385 e. The Balaban J connectivity index is 1.78. The third-order valence-corrected chi connectivity index (χ3v) is 5.64. The predicted molar refractivity (Wildman–Crippen MR) is 88.0 cm³/mol. The highest BCUT2D eigenvalue weighted by molar-refractivity contribution is 9.10. The molecule has 0 bridgehead atoms. The van der Waals surface area contributed by atoms with E-state index in [1.54, 1.807) is 0 Å². The van der Waals surface area contributed by atoms with Crippen LogP contribution in [0, 0.1) is 12.8 Å². The molecular weight excluding hydrogens is 312 g/mol. The zero-order valence-corrected chi connectivity index (χ0v) is 14.1. The SMILES string of the molecule is Cc1ccc(C2C(CNC3CC3)CCCN2C)cc1Br. The molecule has 1 saturated carbocycles. The summed E-state index contributed by atoms with van der Waals surface area (Å²) < 4.78 is 1.24. The van der Waals surface area contributed by atoms with E-state index in [0.29, 0.717) is 6.04 Å². The van der Waals surface area contributed by atoms with Crippen LogP contribution in [0.5, 0.6) is 0 Å². The van der Waals surface area contributed by atoms with Gasteiger partial charge in [0.2, 0.25) is 0 Å². The highest BCUT2D eigenvalue weighted by Crippen LogP contribution is 2.36. The molecule has 1 aliphatic heterocycles. The van der Waals surface area contributed by atoms with Gasteiger partial charge < -0.3 is 5.32 Å². The molecule has 110 valence electrons. The molecule has 1 aromatic carbocycles. The summed E-state index contributed by atoms with van der Waals surface area (Å²) in [5.41, 5.74) is 2.78. The van der Waals surface area contributed by atoms with Crippen LogP contribution in [0.25, 0.3) is 0 Å². The number of benzene rings is 1. The average Bonchev–Trinajstić information content (AvgIpc) is 3.24. The second-order valence-corrected chi connectivity index (χ2v) is 7.37. The largest absolute Gasteiger partial charge is 0.314 e. The Bertz CT molecular complexity index is 470. The summed E-state index contributed by atoms with van der Waals surface area (Å²) in [5.74, 6) is 0.740. The van der Waals surface area contributed by atoms with Crippen molar-refractivity contribution in [3.8, 4) is 0 Å². The summed E-state index contributed by atoms with van der Waals surface area (Å²) in [6.07, 6.45) is 5.43. The van der Waals surface area contributed by atoms with Gasteiger partial charge in [0, 0.05) is 23.1 Å². The van der Waals surface area contributed by atoms with E-state index >= 15 is 0 Å². The lowest BCUT2D eigenvalue weighted by molar-refractivity contribution is 0.119. The lowest BCUT2D eigenvalue weighted by Crippen LogP contribution is -2.41. The highest BCUT2D eigenvalue weighted by atomic mass is 79.9. The summed E-state index contributed by atoms with van der Waals surface area (Å²) in [6.45, 7) is 4.55. The fourth-order valence-electron chi connectivity index (χ4n) is 3.40. The van der Waals surface area contributed by atoms with Gasteiger partial charge in [-0.05, 0) is 69.3 Å². The standard InChI is InChI=1S/C17H25BrN2/c1-12-5-6-13(10-16(12)18)17-14(4-3-9-20(17)2)11-19-15-7-8-15/h5-6,10,14-15,17,19H,3-4,7-9,11H2,1-2H3. The number of halogens is 1. The zero-order valence-electron chi connectivity index (χ0n) is 12.5. The molecule has 1 saturated heterocycles. The van der Waals surface area contributed by atoms with E-state index in [1.807, 2.05) is 0 Å². The number of likely N-dealkylation sites (tertiary alicyclic amines) is 1. The number of nitrogens with one attached hydrogen (secondary N) is 1. The number of piperidine rings is 1. The predicted octanol–water partition coefficient (Wildman–Crippen LogP) is 3.89. The smallest absolute Gasteiger partial charge is 0.0385 e. The van der Waals surface area contributed by atoms with E-state index in [2.05, 4.69) is 58.3 Å². The third-order valence-electron chi connectivity index (χ3n) is 4.79. The first-order chi connectivity index (χ1) is 9.65. The van der Waals surface area contributed by atoms with E-state index < -0.39 is 0 Å². The normalized spacial score (nSPS) is 27.8. The Morgan fingerprint density at radius 3 is 2.80 bits per heavy atom. The fourth-order valence-corrected chi connectivity index (χ4v) is 3.80. The second-order valence-electron chi connectivity index (χ2n) is 6.52. The quantitative estimate of drug-likeness (QED) is 0.897. The molecular formula is C17H25BrN2. The van der Waals surface area contributed by atoms with Crippen molar-refractivity contribution in [2.75, 3.05) is 20.1 Å². The molecule has 0 amide bonds. The van der Waals surface area contributed by atoms with Gasteiger partial charge in [0.05, 0.1) is 0 Å². The first kappa shape index (κ1) is 14.6. The molecule has 1 aromatic rings. The number of hydrogen-bond donors (Lipinski definition) is 1. The monoisotopic (exact) mass is 336 g/mol. The lowest BCUT2D eigenvalue weighted by Gasteiger charge is -2.40. The van der Waals surface area contributed by atoms with Gasteiger partial charge in [-0.3, -0.25) is 4.90 Å². The van der Waals surface area contributed by atoms with Crippen molar-refractivity contribution in [3.63, 3.8) is 0 Å². The van der Waals surface area contributed by atoms with Crippen molar-refractivity contribution in [1.82, 2.24) is 10.2 Å². The lowest BCUT2D eigenvalue weighted by atomic mass is 9.84. The molecule has 2 aliphatic rings. The number of rotatable bonds is 4. The molecule has 2 atom stereocenters. The Hall–Kier alpha value is -0.380. The first-order valence-corrected chi connectivity index (χ1v) is 8.64. The molecule has 0 aromatic heterocycles. The Labute approximate surface area is 131 Å². The Morgan fingerprint density at radius 1 is 1.30 bits per heavy atom. The molecule has 1 heterocycles. The Morgan fingerprint density at radius 2 is 2.10 bits per heavy atom. The molecule has 2 unspecified atom stereocenters. The second kappa shape index (κ2) is 6.17. The van der Waals surface area contributed by atoms with Gasteiger partial charge >= 0.3 is 0 Å². The number of nitrogens with zero attached hydrogens (tertiary/aromatic N) is 1. The summed E-state index contributed by atoms with van der Waals surface area (Å²) in [7, 11) is 2.28. The fraction of sp³-hybridized carbons (Fsp3) is 0.647. The van der Waals surface area contributed by atoms with Crippen LogP contribution >= 0.6 is 15.9 Å². The molecule has 20 heavy (non-hydrogen) atoms. The average molecular weight is 337 g/mol. The molecule has 1 N–H and O–H groups in total. The van der Waals surface area contributed by atoms with Crippen molar-refractivity contribution in [2.45, 2.75) is 44.7 Å². The van der Waals surface area contributed by atoms with E-state index in [1.165, 1.54) is 54.4 Å². The van der Waals surface area contributed by atoms with Crippen molar-refractivity contribution < 1.29 is 0 Å². The third kappa shape index (κ3) is 3.26. The molecule has 2 fully saturated rings. The van der Waals surface area contributed by atoms with Crippen molar-refractivity contribution in [2.24, 2.45) is 5.92 Å². The topological polar surface area (TPSA) is 15.3 Å². The van der Waals surface area contributed by atoms with Crippen molar-refractivity contribution >= 4 is 15.9 Å². The minimum atomic E-state index is 0.562. The molecule has 1 aliphatic carbocycles. The van der Waals surface area contributed by atoms with Gasteiger partial charge in [0.1, 0.15) is 0 Å². The van der Waals surface area contributed by atoms with Gasteiger partial charge in [-0.2, -0.15) is 0 Å². The number of aryl methyl sites for hydroxylation is 1. The molecule has 3 heteroatoms. The van der Waals surface area contributed by atoms with Gasteiger partial charge in [0.15, 0.2) is 0 Å².